The number of hydrogen-bond acceptors (Lipinski definition) is 5. The van der Waals surface area contributed by atoms with E-state index >= 15 is 0 Å². The number of H-pyrrole nitrogens is 1. The Kier molecular flexibility index (Phi) is 4.93. The van der Waals surface area contributed by atoms with E-state index in [1.165, 1.54) is 0 Å². The maximum atomic E-state index is 13.3. The molecule has 6 rings (SSSR count). The van der Waals surface area contributed by atoms with Gasteiger partial charge in [-0.2, -0.15) is 0 Å². The van der Waals surface area contributed by atoms with Gasteiger partial charge < -0.3 is 15.4 Å². The maximum Gasteiger partial charge on any atom is 0.257 e. The van der Waals surface area contributed by atoms with Crippen LogP contribution in [0.4, 0.5) is 5.69 Å². The highest BCUT2D eigenvalue weighted by molar-refractivity contribution is 6.13. The normalized spacial score (nSPS) is 11.1. The SMILES string of the molecule is O=C(Nc1cnccc1-c1ccccc1)c1c[nH]c2ncc(-c3cc(O)c4ncccc4c3)cc12. The number of nitrogens with one attached hydrogen (secondary N) is 2. The largest absolute Gasteiger partial charge is 0.506 e. The Morgan fingerprint density at radius 1 is 0.857 bits per heavy atom. The van der Waals surface area contributed by atoms with Crippen molar-refractivity contribution >= 4 is 33.5 Å². The lowest BCUT2D eigenvalue weighted by molar-refractivity contribution is 0.102. The summed E-state index contributed by atoms with van der Waals surface area (Å²) in [6.07, 6.45) is 8.35. The highest BCUT2D eigenvalue weighted by Crippen LogP contribution is 2.32. The van der Waals surface area contributed by atoms with Gasteiger partial charge in [0.1, 0.15) is 16.9 Å². The Labute approximate surface area is 200 Å². The van der Waals surface area contributed by atoms with E-state index in [2.05, 4.69) is 25.3 Å². The minimum Gasteiger partial charge on any atom is -0.506 e. The van der Waals surface area contributed by atoms with Gasteiger partial charge in [0.15, 0.2) is 0 Å². The lowest BCUT2D eigenvalue weighted by Gasteiger charge is -2.11. The highest BCUT2D eigenvalue weighted by Gasteiger charge is 2.16. The first-order chi connectivity index (χ1) is 17.2. The number of phenolic OH excluding ortho intramolecular Hbond substituents is 1. The number of aromatic nitrogens is 4. The van der Waals surface area contributed by atoms with E-state index < -0.39 is 0 Å². The molecule has 2 aromatic carbocycles. The quantitative estimate of drug-likeness (QED) is 0.310. The third-order valence-electron chi connectivity index (χ3n) is 5.95. The molecule has 0 spiro atoms. The van der Waals surface area contributed by atoms with Crippen LogP contribution in [-0.4, -0.2) is 30.9 Å². The van der Waals surface area contributed by atoms with E-state index in [0.717, 1.165) is 27.6 Å². The smallest absolute Gasteiger partial charge is 0.257 e. The minimum atomic E-state index is -0.272. The molecule has 1 amide bonds. The number of aromatic amines is 1. The number of hydrogen-bond donors (Lipinski definition) is 3. The molecule has 0 unspecified atom stereocenters. The standard InChI is InChI=1S/C28H19N5O2/c34-25-13-19(11-18-7-4-9-30-26(18)25)20-12-22-23(15-32-27(22)31-14-20)28(35)33-24-16-29-10-8-21(24)17-5-2-1-3-6-17/h1-16,34H,(H,31,32)(H,33,35). The Bertz CT molecular complexity index is 1710. The molecule has 3 N–H and O–H groups in total. The number of aromatic hydroxyl groups is 1. The zero-order valence-electron chi connectivity index (χ0n) is 18.4. The van der Waals surface area contributed by atoms with Crippen LogP contribution in [-0.2, 0) is 0 Å². The number of pyridine rings is 3. The van der Waals surface area contributed by atoms with Gasteiger partial charge in [-0.25, -0.2) is 4.98 Å². The van der Waals surface area contributed by atoms with E-state index in [0.29, 0.717) is 27.8 Å². The zero-order chi connectivity index (χ0) is 23.8. The molecule has 0 aliphatic heterocycles. The lowest BCUT2D eigenvalue weighted by atomic mass is 10.0. The van der Waals surface area contributed by atoms with E-state index in [9.17, 15) is 9.90 Å². The second kappa shape index (κ2) is 8.39. The zero-order valence-corrected chi connectivity index (χ0v) is 18.4. The summed E-state index contributed by atoms with van der Waals surface area (Å²) in [5, 5.41) is 14.9. The molecule has 0 atom stereocenters. The van der Waals surface area contributed by atoms with Gasteiger partial charge in [0, 0.05) is 46.7 Å². The second-order valence-electron chi connectivity index (χ2n) is 8.13. The Balaban J connectivity index is 1.38. The monoisotopic (exact) mass is 457 g/mol. The van der Waals surface area contributed by atoms with Gasteiger partial charge in [0.25, 0.3) is 5.91 Å². The Morgan fingerprint density at radius 2 is 1.74 bits per heavy atom. The number of phenols is 1. The molecule has 0 fully saturated rings. The summed E-state index contributed by atoms with van der Waals surface area (Å²) in [7, 11) is 0. The fraction of sp³-hybridized carbons (Fsp3) is 0. The topological polar surface area (TPSA) is 104 Å². The second-order valence-corrected chi connectivity index (χ2v) is 8.13. The van der Waals surface area contributed by atoms with Crippen LogP contribution in [0.5, 0.6) is 5.75 Å². The van der Waals surface area contributed by atoms with Gasteiger partial charge in [-0.1, -0.05) is 36.4 Å². The summed E-state index contributed by atoms with van der Waals surface area (Å²) in [5.41, 5.74) is 5.64. The van der Waals surface area contributed by atoms with Gasteiger partial charge in [-0.05, 0) is 41.5 Å². The van der Waals surface area contributed by atoms with Crippen molar-refractivity contribution in [1.29, 1.82) is 0 Å². The summed E-state index contributed by atoms with van der Waals surface area (Å²) in [4.78, 5) is 29.3. The third kappa shape index (κ3) is 3.75. The van der Waals surface area contributed by atoms with Crippen molar-refractivity contribution in [3.05, 3.63) is 103 Å². The average Bonchev–Trinajstić information content (AvgIpc) is 3.33. The van der Waals surface area contributed by atoms with Crippen molar-refractivity contribution in [3.8, 4) is 28.0 Å². The summed E-state index contributed by atoms with van der Waals surface area (Å²) in [6.45, 7) is 0. The Hall–Kier alpha value is -5.04. The molecule has 0 saturated heterocycles. The molecule has 7 nitrogen and oxygen atoms in total. The van der Waals surface area contributed by atoms with Crippen LogP contribution in [0.15, 0.2) is 97.7 Å². The molecule has 35 heavy (non-hydrogen) atoms. The van der Waals surface area contributed by atoms with Gasteiger partial charge in [-0.15, -0.1) is 0 Å². The van der Waals surface area contributed by atoms with Crippen molar-refractivity contribution in [2.45, 2.75) is 0 Å². The fourth-order valence-corrected chi connectivity index (χ4v) is 4.24. The number of fused-ring (bicyclic) bond motifs is 2. The van der Waals surface area contributed by atoms with Gasteiger partial charge >= 0.3 is 0 Å². The van der Waals surface area contributed by atoms with E-state index in [1.54, 1.807) is 37.1 Å². The number of amides is 1. The summed E-state index contributed by atoms with van der Waals surface area (Å²) < 4.78 is 0. The van der Waals surface area contributed by atoms with Gasteiger partial charge in [0.05, 0.1) is 17.4 Å². The minimum absolute atomic E-state index is 0.0928. The van der Waals surface area contributed by atoms with Crippen molar-refractivity contribution in [2.75, 3.05) is 5.32 Å². The molecule has 0 aliphatic carbocycles. The molecule has 0 aliphatic rings. The lowest BCUT2D eigenvalue weighted by Crippen LogP contribution is -2.12. The predicted molar refractivity (Wildman–Crippen MR) is 136 cm³/mol. The van der Waals surface area contributed by atoms with Crippen LogP contribution >= 0.6 is 0 Å². The Morgan fingerprint density at radius 3 is 2.63 bits per heavy atom. The van der Waals surface area contributed by atoms with Crippen molar-refractivity contribution < 1.29 is 9.90 Å². The number of carbonyl (C=O) groups is 1. The molecule has 0 bridgehead atoms. The number of nitrogens with zero attached hydrogens (tertiary/aromatic N) is 3. The van der Waals surface area contributed by atoms with Crippen LogP contribution in [0.1, 0.15) is 10.4 Å². The molecule has 0 radical (unpaired) electrons. The molecular weight excluding hydrogens is 438 g/mol. The summed E-state index contributed by atoms with van der Waals surface area (Å²) >= 11 is 0. The predicted octanol–water partition coefficient (Wildman–Crippen LogP) is 5.80. The van der Waals surface area contributed by atoms with Crippen molar-refractivity contribution in [3.63, 3.8) is 0 Å². The third-order valence-corrected chi connectivity index (χ3v) is 5.95. The molecule has 7 heteroatoms. The number of carbonyl (C=O) groups excluding carboxylic acids is 1. The molecule has 6 aromatic rings. The fourth-order valence-electron chi connectivity index (χ4n) is 4.24. The first-order valence-electron chi connectivity index (χ1n) is 11.0. The molecular formula is C28H19N5O2. The molecule has 4 heterocycles. The first kappa shape index (κ1) is 20.6. The molecule has 0 saturated carbocycles. The first-order valence-corrected chi connectivity index (χ1v) is 11.0. The van der Waals surface area contributed by atoms with Crippen LogP contribution in [0.25, 0.3) is 44.2 Å². The summed E-state index contributed by atoms with van der Waals surface area (Å²) in [6, 6.07) is 20.9. The molecule has 168 valence electrons. The van der Waals surface area contributed by atoms with Crippen LogP contribution in [0, 0.1) is 0 Å². The number of rotatable bonds is 4. The highest BCUT2D eigenvalue weighted by atomic mass is 16.3. The summed E-state index contributed by atoms with van der Waals surface area (Å²) in [5.74, 6) is -0.179. The van der Waals surface area contributed by atoms with Crippen molar-refractivity contribution in [1.82, 2.24) is 19.9 Å². The molecule has 4 aromatic heterocycles. The van der Waals surface area contributed by atoms with E-state index in [1.807, 2.05) is 60.7 Å². The van der Waals surface area contributed by atoms with Gasteiger partial charge in [-0.3, -0.25) is 14.8 Å². The van der Waals surface area contributed by atoms with Crippen molar-refractivity contribution in [2.24, 2.45) is 0 Å². The van der Waals surface area contributed by atoms with E-state index in [4.69, 9.17) is 0 Å². The number of benzene rings is 2. The van der Waals surface area contributed by atoms with E-state index in [-0.39, 0.29) is 11.7 Å². The average molecular weight is 457 g/mol. The maximum absolute atomic E-state index is 13.3. The van der Waals surface area contributed by atoms with Crippen LogP contribution in [0.2, 0.25) is 0 Å². The van der Waals surface area contributed by atoms with Gasteiger partial charge in [0.2, 0.25) is 0 Å². The number of anilines is 1. The van der Waals surface area contributed by atoms with Crippen LogP contribution < -0.4 is 5.32 Å². The van der Waals surface area contributed by atoms with Crippen LogP contribution in [0.3, 0.4) is 0 Å².